The van der Waals surface area contributed by atoms with Gasteiger partial charge in [0.05, 0.1) is 12.1 Å². The first-order chi connectivity index (χ1) is 10.6. The first-order valence-electron chi connectivity index (χ1n) is 6.71. The van der Waals surface area contributed by atoms with Crippen molar-refractivity contribution < 1.29 is 13.9 Å². The highest BCUT2D eigenvalue weighted by molar-refractivity contribution is 6.31. The molecule has 2 N–H and O–H groups in total. The highest BCUT2D eigenvalue weighted by atomic mass is 35.5. The van der Waals surface area contributed by atoms with Crippen molar-refractivity contribution in [2.45, 2.75) is 6.42 Å². The van der Waals surface area contributed by atoms with Crippen LogP contribution in [0.1, 0.15) is 6.42 Å². The molecule has 4 nitrogen and oxygen atoms in total. The topological polar surface area (TPSA) is 50.4 Å². The predicted octanol–water partition coefficient (Wildman–Crippen LogP) is 3.93. The fraction of sp³-hybridized carbons (Fsp3) is 0.188. The van der Waals surface area contributed by atoms with Crippen molar-refractivity contribution in [2.24, 2.45) is 0 Å². The summed E-state index contributed by atoms with van der Waals surface area (Å²) in [4.78, 5) is 11.8. The third kappa shape index (κ3) is 4.63. The van der Waals surface area contributed by atoms with Crippen LogP contribution in [0.15, 0.2) is 42.5 Å². The molecule has 116 valence electrons. The lowest BCUT2D eigenvalue weighted by atomic mass is 10.2. The quantitative estimate of drug-likeness (QED) is 0.847. The summed E-state index contributed by atoms with van der Waals surface area (Å²) in [7, 11) is 1.61. The first kappa shape index (κ1) is 16.1. The van der Waals surface area contributed by atoms with Crippen LogP contribution in [0.2, 0.25) is 5.02 Å². The zero-order chi connectivity index (χ0) is 15.9. The molecule has 0 aromatic heterocycles. The minimum atomic E-state index is -0.513. The summed E-state index contributed by atoms with van der Waals surface area (Å²) in [5.41, 5.74) is 1.37. The molecule has 0 spiro atoms. The summed E-state index contributed by atoms with van der Waals surface area (Å²) in [5.74, 6) is 0.0843. The number of rotatable bonds is 6. The molecular weight excluding hydrogens is 307 g/mol. The van der Waals surface area contributed by atoms with Crippen LogP contribution in [0.4, 0.5) is 15.8 Å². The van der Waals surface area contributed by atoms with E-state index in [0.717, 1.165) is 11.4 Å². The lowest BCUT2D eigenvalue weighted by Gasteiger charge is -2.08. The Morgan fingerprint density at radius 1 is 1.18 bits per heavy atom. The van der Waals surface area contributed by atoms with Gasteiger partial charge in [0.15, 0.2) is 0 Å². The van der Waals surface area contributed by atoms with Gasteiger partial charge in [0.25, 0.3) is 0 Å². The molecule has 2 rings (SSSR count). The number of carbonyl (C=O) groups excluding carboxylic acids is 1. The largest absolute Gasteiger partial charge is 0.497 e. The summed E-state index contributed by atoms with van der Waals surface area (Å²) >= 11 is 5.66. The number of hydrogen-bond donors (Lipinski definition) is 2. The van der Waals surface area contributed by atoms with Crippen molar-refractivity contribution in [3.05, 3.63) is 53.3 Å². The van der Waals surface area contributed by atoms with E-state index in [1.165, 1.54) is 18.2 Å². The molecule has 0 saturated heterocycles. The molecule has 0 aliphatic rings. The number of hydrogen-bond acceptors (Lipinski definition) is 3. The summed E-state index contributed by atoms with van der Waals surface area (Å²) in [5, 5.41) is 5.78. The number of nitrogens with one attached hydrogen (secondary N) is 2. The van der Waals surface area contributed by atoms with Crippen LogP contribution in [0.25, 0.3) is 0 Å². The number of anilines is 2. The predicted molar refractivity (Wildman–Crippen MR) is 86.1 cm³/mol. The van der Waals surface area contributed by atoms with Gasteiger partial charge in [-0.3, -0.25) is 4.79 Å². The van der Waals surface area contributed by atoms with E-state index in [4.69, 9.17) is 16.3 Å². The molecule has 0 atom stereocenters. The van der Waals surface area contributed by atoms with Gasteiger partial charge >= 0.3 is 0 Å². The maximum atomic E-state index is 13.0. The van der Waals surface area contributed by atoms with Crippen LogP contribution in [-0.4, -0.2) is 19.6 Å². The fourth-order valence-electron chi connectivity index (χ4n) is 1.83. The Morgan fingerprint density at radius 2 is 1.86 bits per heavy atom. The molecule has 22 heavy (non-hydrogen) atoms. The van der Waals surface area contributed by atoms with E-state index in [0.29, 0.717) is 12.2 Å². The Morgan fingerprint density at radius 3 is 2.50 bits per heavy atom. The molecule has 0 unspecified atom stereocenters. The maximum absolute atomic E-state index is 13.0. The number of halogens is 2. The third-order valence-corrected chi connectivity index (χ3v) is 3.26. The lowest BCUT2D eigenvalue weighted by Crippen LogP contribution is -2.16. The Bertz CT molecular complexity index is 647. The summed E-state index contributed by atoms with van der Waals surface area (Å²) < 4.78 is 18.1. The molecule has 0 bridgehead atoms. The van der Waals surface area contributed by atoms with Gasteiger partial charge in [-0.2, -0.15) is 0 Å². The lowest BCUT2D eigenvalue weighted by molar-refractivity contribution is -0.115. The van der Waals surface area contributed by atoms with E-state index in [1.807, 2.05) is 24.3 Å². The van der Waals surface area contributed by atoms with Gasteiger partial charge in [-0.25, -0.2) is 4.39 Å². The van der Waals surface area contributed by atoms with Crippen LogP contribution in [0.3, 0.4) is 0 Å². The van der Waals surface area contributed by atoms with Gasteiger partial charge in [0.2, 0.25) is 5.91 Å². The molecular formula is C16H16ClFN2O2. The van der Waals surface area contributed by atoms with Crippen LogP contribution >= 0.6 is 11.6 Å². The molecule has 0 saturated carbocycles. The molecule has 1 amide bonds. The second kappa shape index (κ2) is 7.66. The normalized spacial score (nSPS) is 10.1. The highest BCUT2D eigenvalue weighted by Crippen LogP contribution is 2.19. The summed E-state index contributed by atoms with van der Waals surface area (Å²) in [6.07, 6.45) is 0.279. The van der Waals surface area contributed by atoms with Gasteiger partial charge in [0, 0.05) is 24.3 Å². The number of carbonyl (C=O) groups is 1. The molecule has 2 aromatic carbocycles. The van der Waals surface area contributed by atoms with E-state index in [2.05, 4.69) is 10.6 Å². The number of amides is 1. The third-order valence-electron chi connectivity index (χ3n) is 2.97. The average Bonchev–Trinajstić information content (AvgIpc) is 2.51. The minimum Gasteiger partial charge on any atom is -0.497 e. The zero-order valence-electron chi connectivity index (χ0n) is 12.0. The Labute approximate surface area is 133 Å². The molecule has 0 aliphatic heterocycles. The van der Waals surface area contributed by atoms with Crippen molar-refractivity contribution >= 4 is 28.9 Å². The molecule has 0 fully saturated rings. The molecule has 0 heterocycles. The van der Waals surface area contributed by atoms with Crippen molar-refractivity contribution in [1.29, 1.82) is 0 Å². The first-order valence-corrected chi connectivity index (χ1v) is 7.09. The Kier molecular flexibility index (Phi) is 5.61. The van der Waals surface area contributed by atoms with Gasteiger partial charge in [0.1, 0.15) is 11.6 Å². The molecule has 0 aliphatic carbocycles. The minimum absolute atomic E-state index is 0.0193. The van der Waals surface area contributed by atoms with Crippen LogP contribution in [0.5, 0.6) is 5.75 Å². The molecule has 6 heteroatoms. The second-order valence-electron chi connectivity index (χ2n) is 4.58. The van der Waals surface area contributed by atoms with Gasteiger partial charge in [-0.1, -0.05) is 11.6 Å². The molecule has 0 radical (unpaired) electrons. The smallest absolute Gasteiger partial charge is 0.226 e. The number of methoxy groups -OCH3 is 1. The fourth-order valence-corrected chi connectivity index (χ4v) is 2.01. The van der Waals surface area contributed by atoms with Crippen molar-refractivity contribution in [1.82, 2.24) is 0 Å². The van der Waals surface area contributed by atoms with Gasteiger partial charge in [-0.05, 0) is 42.5 Å². The summed E-state index contributed by atoms with van der Waals surface area (Å²) in [6.45, 7) is 0.479. The van der Waals surface area contributed by atoms with E-state index in [1.54, 1.807) is 7.11 Å². The van der Waals surface area contributed by atoms with Crippen LogP contribution in [-0.2, 0) is 4.79 Å². The van der Waals surface area contributed by atoms with E-state index < -0.39 is 5.82 Å². The van der Waals surface area contributed by atoms with Crippen molar-refractivity contribution in [2.75, 3.05) is 24.3 Å². The van der Waals surface area contributed by atoms with E-state index >= 15 is 0 Å². The number of benzene rings is 2. The maximum Gasteiger partial charge on any atom is 0.226 e. The van der Waals surface area contributed by atoms with Gasteiger partial charge in [-0.15, -0.1) is 0 Å². The van der Waals surface area contributed by atoms with Gasteiger partial charge < -0.3 is 15.4 Å². The SMILES string of the molecule is COc1ccc(NCCC(=O)Nc2ccc(F)c(Cl)c2)cc1. The Hall–Kier alpha value is -2.27. The monoisotopic (exact) mass is 322 g/mol. The highest BCUT2D eigenvalue weighted by Gasteiger charge is 2.05. The number of ether oxygens (including phenoxy) is 1. The standard InChI is InChI=1S/C16H16ClFN2O2/c1-22-13-5-2-11(3-6-13)19-9-8-16(21)20-12-4-7-15(18)14(17)10-12/h2-7,10,19H,8-9H2,1H3,(H,20,21). The zero-order valence-corrected chi connectivity index (χ0v) is 12.8. The summed E-state index contributed by atoms with van der Waals surface area (Å²) in [6, 6.07) is 11.5. The van der Waals surface area contributed by atoms with Crippen LogP contribution < -0.4 is 15.4 Å². The van der Waals surface area contributed by atoms with Crippen molar-refractivity contribution in [3.8, 4) is 5.75 Å². The van der Waals surface area contributed by atoms with E-state index in [9.17, 15) is 9.18 Å². The van der Waals surface area contributed by atoms with E-state index in [-0.39, 0.29) is 17.4 Å². The van der Waals surface area contributed by atoms with Crippen molar-refractivity contribution in [3.63, 3.8) is 0 Å². The Balaban J connectivity index is 1.78. The average molecular weight is 323 g/mol. The second-order valence-corrected chi connectivity index (χ2v) is 4.99. The molecule has 2 aromatic rings. The van der Waals surface area contributed by atoms with Crippen LogP contribution in [0, 0.1) is 5.82 Å².